The highest BCUT2D eigenvalue weighted by atomic mass is 32.1. The Kier molecular flexibility index (Phi) is 6.11. The van der Waals surface area contributed by atoms with Crippen LogP contribution in [0.5, 0.6) is 0 Å². The molecule has 0 N–H and O–H groups in total. The van der Waals surface area contributed by atoms with Crippen molar-refractivity contribution in [2.45, 2.75) is 27.2 Å². The lowest BCUT2D eigenvalue weighted by molar-refractivity contribution is -0.132. The summed E-state index contributed by atoms with van der Waals surface area (Å²) in [5.74, 6) is 0.0848. The molecule has 144 valence electrons. The summed E-state index contributed by atoms with van der Waals surface area (Å²) in [5.41, 5.74) is 3.21. The predicted octanol–water partition coefficient (Wildman–Crippen LogP) is 3.27. The van der Waals surface area contributed by atoms with Gasteiger partial charge in [-0.05, 0) is 26.3 Å². The van der Waals surface area contributed by atoms with Gasteiger partial charge in [0.1, 0.15) is 5.01 Å². The minimum absolute atomic E-state index is 0.0848. The number of hydrogen-bond acceptors (Lipinski definition) is 5. The van der Waals surface area contributed by atoms with Gasteiger partial charge in [0.05, 0.1) is 18.7 Å². The summed E-state index contributed by atoms with van der Waals surface area (Å²) in [6, 6.07) is 8.15. The van der Waals surface area contributed by atoms with Crippen molar-refractivity contribution >= 4 is 23.3 Å². The Morgan fingerprint density at radius 3 is 2.44 bits per heavy atom. The summed E-state index contributed by atoms with van der Waals surface area (Å²) in [4.78, 5) is 33.6. The van der Waals surface area contributed by atoms with E-state index in [0.29, 0.717) is 39.2 Å². The Morgan fingerprint density at radius 1 is 1.11 bits per heavy atom. The number of aromatic nitrogens is 1. The fourth-order valence-corrected chi connectivity index (χ4v) is 4.27. The standard InChI is InChI=1S/C20H25N3O3S/c1-4-26-20(25)23-11-9-22(10-12-23)18(24)13-17-15(3)21-19(27-17)16-8-6-5-7-14(16)2/h5-8H,4,9-13H2,1-3H3. The molecule has 7 heteroatoms. The van der Waals surface area contributed by atoms with E-state index in [-0.39, 0.29) is 12.0 Å². The minimum atomic E-state index is -0.300. The number of piperazine rings is 1. The lowest BCUT2D eigenvalue weighted by atomic mass is 10.1. The van der Waals surface area contributed by atoms with Crippen LogP contribution in [0.1, 0.15) is 23.1 Å². The van der Waals surface area contributed by atoms with E-state index in [1.54, 1.807) is 23.2 Å². The van der Waals surface area contributed by atoms with Crippen LogP contribution in [0.15, 0.2) is 24.3 Å². The average molecular weight is 388 g/mol. The average Bonchev–Trinajstić information content (AvgIpc) is 3.02. The first-order valence-corrected chi connectivity index (χ1v) is 10.0. The summed E-state index contributed by atoms with van der Waals surface area (Å²) in [6.07, 6.45) is 0.0557. The zero-order chi connectivity index (χ0) is 19.4. The monoisotopic (exact) mass is 387 g/mol. The van der Waals surface area contributed by atoms with Crippen molar-refractivity contribution in [3.05, 3.63) is 40.4 Å². The first-order valence-electron chi connectivity index (χ1n) is 9.21. The second-order valence-corrected chi connectivity index (χ2v) is 7.67. The summed E-state index contributed by atoms with van der Waals surface area (Å²) in [6.45, 7) is 8.30. The van der Waals surface area contributed by atoms with Gasteiger partial charge >= 0.3 is 6.09 Å². The molecule has 6 nitrogen and oxygen atoms in total. The minimum Gasteiger partial charge on any atom is -0.450 e. The van der Waals surface area contributed by atoms with E-state index in [9.17, 15) is 9.59 Å². The molecule has 2 aromatic rings. The zero-order valence-electron chi connectivity index (χ0n) is 16.0. The molecule has 1 aliphatic rings. The summed E-state index contributed by atoms with van der Waals surface area (Å²) in [5, 5.41) is 0.959. The quantitative estimate of drug-likeness (QED) is 0.808. The number of carbonyl (C=O) groups excluding carboxylic acids is 2. The molecule has 27 heavy (non-hydrogen) atoms. The number of aryl methyl sites for hydroxylation is 2. The van der Waals surface area contributed by atoms with Crippen LogP contribution in [0.4, 0.5) is 4.79 Å². The van der Waals surface area contributed by atoms with E-state index in [0.717, 1.165) is 21.1 Å². The second-order valence-electron chi connectivity index (χ2n) is 6.59. The molecule has 0 spiro atoms. The Hall–Kier alpha value is -2.41. The number of hydrogen-bond donors (Lipinski definition) is 0. The maximum Gasteiger partial charge on any atom is 0.409 e. The van der Waals surface area contributed by atoms with Gasteiger partial charge in [0, 0.05) is 36.6 Å². The lowest BCUT2D eigenvalue weighted by Crippen LogP contribution is -2.51. The number of rotatable bonds is 4. The van der Waals surface area contributed by atoms with Crippen molar-refractivity contribution in [3.63, 3.8) is 0 Å². The molecule has 2 heterocycles. The molecule has 1 aromatic heterocycles. The van der Waals surface area contributed by atoms with Crippen LogP contribution in [0.25, 0.3) is 10.6 Å². The molecule has 1 saturated heterocycles. The predicted molar refractivity (Wildman–Crippen MR) is 106 cm³/mol. The Morgan fingerprint density at radius 2 is 1.78 bits per heavy atom. The van der Waals surface area contributed by atoms with E-state index in [1.165, 1.54) is 5.56 Å². The number of thiazole rings is 1. The first kappa shape index (κ1) is 19.4. The third-order valence-electron chi connectivity index (χ3n) is 4.74. The molecule has 0 radical (unpaired) electrons. The van der Waals surface area contributed by atoms with E-state index in [4.69, 9.17) is 4.74 Å². The molecular weight excluding hydrogens is 362 g/mol. The van der Waals surface area contributed by atoms with Crippen molar-refractivity contribution < 1.29 is 14.3 Å². The van der Waals surface area contributed by atoms with Gasteiger partial charge in [0.2, 0.25) is 5.91 Å². The first-order chi connectivity index (χ1) is 13.0. The molecule has 0 atom stereocenters. The SMILES string of the molecule is CCOC(=O)N1CCN(C(=O)Cc2sc(-c3ccccc3C)nc2C)CC1. The largest absolute Gasteiger partial charge is 0.450 e. The van der Waals surface area contributed by atoms with Crippen molar-refractivity contribution in [2.75, 3.05) is 32.8 Å². The highest BCUT2D eigenvalue weighted by molar-refractivity contribution is 7.15. The van der Waals surface area contributed by atoms with Crippen LogP contribution >= 0.6 is 11.3 Å². The van der Waals surface area contributed by atoms with Crippen LogP contribution in [0.3, 0.4) is 0 Å². The highest BCUT2D eigenvalue weighted by Crippen LogP contribution is 2.30. The topological polar surface area (TPSA) is 62.7 Å². The van der Waals surface area contributed by atoms with Gasteiger partial charge in [0.15, 0.2) is 0 Å². The number of benzene rings is 1. The van der Waals surface area contributed by atoms with Gasteiger partial charge in [-0.25, -0.2) is 9.78 Å². The van der Waals surface area contributed by atoms with Crippen LogP contribution in [0.2, 0.25) is 0 Å². The molecule has 1 aromatic carbocycles. The third kappa shape index (κ3) is 4.47. The van der Waals surface area contributed by atoms with Crippen LogP contribution in [-0.4, -0.2) is 59.6 Å². The van der Waals surface area contributed by atoms with Gasteiger partial charge in [0.25, 0.3) is 0 Å². The van der Waals surface area contributed by atoms with E-state index < -0.39 is 0 Å². The fourth-order valence-electron chi connectivity index (χ4n) is 3.12. The zero-order valence-corrected chi connectivity index (χ0v) is 16.8. The fraction of sp³-hybridized carbons (Fsp3) is 0.450. The smallest absolute Gasteiger partial charge is 0.409 e. The summed E-state index contributed by atoms with van der Waals surface area (Å²) in [7, 11) is 0. The van der Waals surface area contributed by atoms with Crippen LogP contribution in [-0.2, 0) is 16.0 Å². The van der Waals surface area contributed by atoms with Crippen LogP contribution < -0.4 is 0 Å². The second kappa shape index (κ2) is 8.52. The molecule has 0 aliphatic carbocycles. The highest BCUT2D eigenvalue weighted by Gasteiger charge is 2.25. The van der Waals surface area contributed by atoms with Gasteiger partial charge in [-0.2, -0.15) is 0 Å². The maximum atomic E-state index is 12.7. The molecule has 0 saturated carbocycles. The maximum absolute atomic E-state index is 12.7. The molecule has 0 unspecified atom stereocenters. The van der Waals surface area contributed by atoms with Crippen molar-refractivity contribution in [2.24, 2.45) is 0 Å². The summed E-state index contributed by atoms with van der Waals surface area (Å²) >= 11 is 1.59. The van der Waals surface area contributed by atoms with Gasteiger partial charge in [-0.3, -0.25) is 4.79 Å². The number of carbonyl (C=O) groups is 2. The molecule has 2 amide bonds. The van der Waals surface area contributed by atoms with Gasteiger partial charge in [-0.1, -0.05) is 24.3 Å². The molecular formula is C20H25N3O3S. The molecule has 3 rings (SSSR count). The van der Waals surface area contributed by atoms with Gasteiger partial charge < -0.3 is 14.5 Å². The van der Waals surface area contributed by atoms with Crippen molar-refractivity contribution in [1.29, 1.82) is 0 Å². The van der Waals surface area contributed by atoms with Crippen LogP contribution in [0, 0.1) is 13.8 Å². The Bertz CT molecular complexity index is 826. The van der Waals surface area contributed by atoms with E-state index in [1.807, 2.05) is 24.0 Å². The summed E-state index contributed by atoms with van der Waals surface area (Å²) < 4.78 is 5.02. The number of amides is 2. The van der Waals surface area contributed by atoms with E-state index in [2.05, 4.69) is 24.0 Å². The number of ether oxygens (including phenoxy) is 1. The Labute approximate surface area is 163 Å². The molecule has 1 aliphatic heterocycles. The normalized spacial score (nSPS) is 14.3. The van der Waals surface area contributed by atoms with Crippen molar-refractivity contribution in [1.82, 2.24) is 14.8 Å². The lowest BCUT2D eigenvalue weighted by Gasteiger charge is -2.34. The number of nitrogens with zero attached hydrogens (tertiary/aromatic N) is 3. The molecule has 0 bridgehead atoms. The van der Waals surface area contributed by atoms with Crippen molar-refractivity contribution in [3.8, 4) is 10.6 Å². The third-order valence-corrected chi connectivity index (χ3v) is 5.93. The molecule has 1 fully saturated rings. The van der Waals surface area contributed by atoms with E-state index >= 15 is 0 Å². The Balaban J connectivity index is 1.62. The van der Waals surface area contributed by atoms with Gasteiger partial charge in [-0.15, -0.1) is 11.3 Å².